The van der Waals surface area contributed by atoms with Gasteiger partial charge in [0.2, 0.25) is 0 Å². The number of imidazole rings is 1. The summed E-state index contributed by atoms with van der Waals surface area (Å²) in [6.07, 6.45) is 11.6. The molecule has 8 nitrogen and oxygen atoms in total. The molecule has 2 heterocycles. The van der Waals surface area contributed by atoms with Gasteiger partial charge < -0.3 is 14.1 Å². The van der Waals surface area contributed by atoms with Crippen LogP contribution >= 0.6 is 0 Å². The molecule has 0 radical (unpaired) electrons. The van der Waals surface area contributed by atoms with Gasteiger partial charge >= 0.3 is 5.63 Å². The van der Waals surface area contributed by atoms with E-state index in [0.717, 1.165) is 49.0 Å². The summed E-state index contributed by atoms with van der Waals surface area (Å²) in [7, 11) is -2.15. The highest BCUT2D eigenvalue weighted by Crippen LogP contribution is 2.56. The van der Waals surface area contributed by atoms with Crippen molar-refractivity contribution >= 4 is 15.7 Å². The third-order valence-corrected chi connectivity index (χ3v) is 9.35. The smallest absolute Gasteiger partial charge is 0.343 e. The Bertz CT molecular complexity index is 1470. The van der Waals surface area contributed by atoms with E-state index < -0.39 is 15.6 Å². The molecule has 3 aromatic rings. The summed E-state index contributed by atoms with van der Waals surface area (Å²) in [4.78, 5) is 17.1. The van der Waals surface area contributed by atoms with Crippen LogP contribution in [0.4, 0.5) is 5.69 Å². The van der Waals surface area contributed by atoms with Crippen LogP contribution in [0.25, 0.3) is 0 Å². The van der Waals surface area contributed by atoms with Gasteiger partial charge in [-0.1, -0.05) is 12.1 Å². The van der Waals surface area contributed by atoms with Gasteiger partial charge in [0.25, 0.3) is 10.0 Å². The standard InChI is InChI=1S/C28H33N3O5S/c1-31-15-25(29-16-31)37(34,35)30-21-6-2-5-20(12-21)26(18-10-11-18)27-24(32)14-22(36-28(27)33)7-3-4-19-13-23(19)17-8-9-17/h2,5-6,12,14-19,23,26,30,32H,3-4,7-11,13H2,1H3. The van der Waals surface area contributed by atoms with Gasteiger partial charge in [0.15, 0.2) is 5.03 Å². The normalized spacial score (nSPS) is 22.1. The van der Waals surface area contributed by atoms with E-state index in [4.69, 9.17) is 4.42 Å². The van der Waals surface area contributed by atoms with Crippen LogP contribution in [0.15, 0.2) is 57.1 Å². The van der Waals surface area contributed by atoms with Crippen LogP contribution in [-0.4, -0.2) is 23.1 Å². The van der Waals surface area contributed by atoms with Gasteiger partial charge in [-0.05, 0) is 86.3 Å². The zero-order chi connectivity index (χ0) is 25.7. The molecule has 3 atom stereocenters. The van der Waals surface area contributed by atoms with Crippen LogP contribution in [0.2, 0.25) is 0 Å². The second kappa shape index (κ2) is 9.35. The van der Waals surface area contributed by atoms with E-state index in [-0.39, 0.29) is 28.2 Å². The van der Waals surface area contributed by atoms with Crippen LogP contribution in [0.1, 0.15) is 67.8 Å². The molecule has 196 valence electrons. The molecule has 0 spiro atoms. The Balaban J connectivity index is 1.20. The van der Waals surface area contributed by atoms with E-state index in [1.54, 1.807) is 35.9 Å². The van der Waals surface area contributed by atoms with Crippen LogP contribution in [0, 0.1) is 23.7 Å². The summed E-state index contributed by atoms with van der Waals surface area (Å²) >= 11 is 0. The van der Waals surface area contributed by atoms with Gasteiger partial charge in [-0.3, -0.25) is 4.72 Å². The fraction of sp³-hybridized carbons (Fsp3) is 0.500. The largest absolute Gasteiger partial charge is 0.507 e. The lowest BCUT2D eigenvalue weighted by molar-refractivity contribution is 0.398. The summed E-state index contributed by atoms with van der Waals surface area (Å²) in [6, 6.07) is 8.60. The fourth-order valence-corrected chi connectivity index (χ4v) is 6.86. The maximum absolute atomic E-state index is 13.1. The number of anilines is 1. The molecule has 0 bridgehead atoms. The van der Waals surface area contributed by atoms with Crippen molar-refractivity contribution in [3.05, 3.63) is 70.2 Å². The van der Waals surface area contributed by atoms with E-state index in [0.29, 0.717) is 17.9 Å². The predicted octanol–water partition coefficient (Wildman–Crippen LogP) is 4.79. The quantitative estimate of drug-likeness (QED) is 0.373. The first-order valence-corrected chi connectivity index (χ1v) is 14.7. The molecule has 0 saturated heterocycles. The maximum atomic E-state index is 13.1. The Kier molecular flexibility index (Phi) is 6.13. The van der Waals surface area contributed by atoms with Crippen molar-refractivity contribution in [1.29, 1.82) is 0 Å². The van der Waals surface area contributed by atoms with Crippen molar-refractivity contribution in [3.63, 3.8) is 0 Å². The van der Waals surface area contributed by atoms with Crippen LogP contribution in [-0.2, 0) is 23.5 Å². The topological polar surface area (TPSA) is 114 Å². The SMILES string of the molecule is Cn1cnc(S(=O)(=O)Nc2cccc(C(c3c(O)cc(CCCC4CC4C4CC4)oc3=O)C3CC3)c2)c1. The number of hydrogen-bond donors (Lipinski definition) is 2. The summed E-state index contributed by atoms with van der Waals surface area (Å²) in [5.41, 5.74) is 0.887. The highest BCUT2D eigenvalue weighted by molar-refractivity contribution is 7.92. The van der Waals surface area contributed by atoms with Gasteiger partial charge in [-0.25, -0.2) is 9.78 Å². The highest BCUT2D eigenvalue weighted by Gasteiger charge is 2.46. The monoisotopic (exact) mass is 523 g/mol. The molecule has 1 aromatic carbocycles. The Morgan fingerprint density at radius 2 is 2.03 bits per heavy atom. The summed E-state index contributed by atoms with van der Waals surface area (Å²) in [6.45, 7) is 0. The number of aromatic nitrogens is 2. The fourth-order valence-electron chi connectivity index (χ4n) is 5.83. The van der Waals surface area contributed by atoms with Gasteiger partial charge in [-0.15, -0.1) is 0 Å². The highest BCUT2D eigenvalue weighted by atomic mass is 32.2. The molecule has 3 aliphatic rings. The first-order chi connectivity index (χ1) is 17.8. The predicted molar refractivity (Wildman–Crippen MR) is 139 cm³/mol. The molecule has 3 fully saturated rings. The number of nitrogens with zero attached hydrogens (tertiary/aromatic N) is 2. The zero-order valence-electron chi connectivity index (χ0n) is 21.0. The molecular formula is C28H33N3O5S. The van der Waals surface area contributed by atoms with E-state index in [1.807, 2.05) is 6.07 Å². The molecule has 0 aliphatic heterocycles. The van der Waals surface area contributed by atoms with E-state index >= 15 is 0 Å². The number of benzene rings is 1. The van der Waals surface area contributed by atoms with Crippen molar-refractivity contribution in [3.8, 4) is 5.75 Å². The summed E-state index contributed by atoms with van der Waals surface area (Å²) in [5, 5.41) is 10.9. The molecule has 9 heteroatoms. The second-order valence-corrected chi connectivity index (χ2v) is 12.7. The van der Waals surface area contributed by atoms with E-state index in [9.17, 15) is 18.3 Å². The van der Waals surface area contributed by atoms with Gasteiger partial charge in [0.1, 0.15) is 11.5 Å². The lowest BCUT2D eigenvalue weighted by Gasteiger charge is -2.19. The Labute approximate surface area is 216 Å². The van der Waals surface area contributed by atoms with Crippen LogP contribution < -0.4 is 10.3 Å². The molecule has 0 amide bonds. The lowest BCUT2D eigenvalue weighted by atomic mass is 9.87. The van der Waals surface area contributed by atoms with Crippen LogP contribution in [0.5, 0.6) is 5.75 Å². The number of aryl methyl sites for hydroxylation is 2. The molecule has 2 N–H and O–H groups in total. The molecule has 37 heavy (non-hydrogen) atoms. The molecular weight excluding hydrogens is 490 g/mol. The van der Waals surface area contributed by atoms with Crippen molar-refractivity contribution < 1.29 is 17.9 Å². The third kappa shape index (κ3) is 5.32. The molecule has 6 rings (SSSR count). The Morgan fingerprint density at radius 1 is 1.22 bits per heavy atom. The number of rotatable bonds is 11. The minimum Gasteiger partial charge on any atom is -0.507 e. The van der Waals surface area contributed by atoms with Crippen LogP contribution in [0.3, 0.4) is 0 Å². The minimum absolute atomic E-state index is 0.0371. The van der Waals surface area contributed by atoms with Crippen molar-refractivity contribution in [1.82, 2.24) is 9.55 Å². The summed E-state index contributed by atoms with van der Waals surface area (Å²) < 4.78 is 35.3. The van der Waals surface area contributed by atoms with Gasteiger partial charge in [0.05, 0.1) is 11.9 Å². The second-order valence-electron chi connectivity index (χ2n) is 11.1. The molecule has 3 unspecified atom stereocenters. The van der Waals surface area contributed by atoms with Crippen molar-refractivity contribution in [2.24, 2.45) is 30.7 Å². The van der Waals surface area contributed by atoms with E-state index in [2.05, 4.69) is 9.71 Å². The van der Waals surface area contributed by atoms with E-state index in [1.165, 1.54) is 31.8 Å². The molecule has 3 saturated carbocycles. The lowest BCUT2D eigenvalue weighted by Crippen LogP contribution is -2.17. The summed E-state index contributed by atoms with van der Waals surface area (Å²) in [5.74, 6) is 3.03. The zero-order valence-corrected chi connectivity index (χ0v) is 21.8. The Hall–Kier alpha value is -3.07. The minimum atomic E-state index is -3.85. The average Bonchev–Trinajstić information content (AvgIpc) is 3.70. The maximum Gasteiger partial charge on any atom is 0.343 e. The number of hydrogen-bond acceptors (Lipinski definition) is 6. The van der Waals surface area contributed by atoms with Crippen molar-refractivity contribution in [2.75, 3.05) is 4.72 Å². The number of aromatic hydroxyl groups is 1. The third-order valence-electron chi connectivity index (χ3n) is 8.08. The number of nitrogens with one attached hydrogen (secondary N) is 1. The Morgan fingerprint density at radius 3 is 2.70 bits per heavy atom. The first kappa shape index (κ1) is 24.3. The number of sulfonamides is 1. The van der Waals surface area contributed by atoms with Gasteiger partial charge in [0, 0.05) is 37.3 Å². The first-order valence-electron chi connectivity index (χ1n) is 13.2. The van der Waals surface area contributed by atoms with Gasteiger partial charge in [-0.2, -0.15) is 8.42 Å². The average molecular weight is 524 g/mol. The van der Waals surface area contributed by atoms with Crippen molar-refractivity contribution in [2.45, 2.75) is 62.3 Å². The molecule has 2 aromatic heterocycles. The molecule has 3 aliphatic carbocycles.